The number of carbonyl (C=O) groups excluding carboxylic acids is 1. The lowest BCUT2D eigenvalue weighted by atomic mass is 10.2. The van der Waals surface area contributed by atoms with Crippen molar-refractivity contribution < 1.29 is 19.0 Å². The van der Waals surface area contributed by atoms with Crippen LogP contribution in [-0.2, 0) is 4.74 Å². The van der Waals surface area contributed by atoms with Crippen LogP contribution in [0.25, 0.3) is 5.95 Å². The van der Waals surface area contributed by atoms with E-state index in [0.717, 1.165) is 5.56 Å². The summed E-state index contributed by atoms with van der Waals surface area (Å²) < 4.78 is 18.5. The lowest BCUT2D eigenvalue weighted by molar-refractivity contribution is -0.0640. The number of esters is 1. The fourth-order valence-corrected chi connectivity index (χ4v) is 2.98. The van der Waals surface area contributed by atoms with Crippen molar-refractivity contribution in [3.8, 4) is 17.4 Å². The van der Waals surface area contributed by atoms with Crippen LogP contribution in [-0.4, -0.2) is 38.1 Å². The molecule has 0 saturated carbocycles. The number of aryl methyl sites for hydroxylation is 1. The van der Waals surface area contributed by atoms with Gasteiger partial charge in [-0.1, -0.05) is 6.92 Å². The zero-order chi connectivity index (χ0) is 21.3. The predicted octanol–water partition coefficient (Wildman–Crippen LogP) is 3.79. The van der Waals surface area contributed by atoms with E-state index in [-0.39, 0.29) is 12.2 Å². The van der Waals surface area contributed by atoms with Crippen LogP contribution in [0.15, 0.2) is 36.8 Å². The van der Waals surface area contributed by atoms with Gasteiger partial charge in [0.1, 0.15) is 5.56 Å². The molecule has 0 bridgehead atoms. The fraction of sp³-hybridized carbons (Fsp3) is 0.333. The Labute approximate surface area is 174 Å². The smallest absolute Gasteiger partial charge is 0.343 e. The minimum Gasteiger partial charge on any atom is -0.462 e. The summed E-state index contributed by atoms with van der Waals surface area (Å²) in [7, 11) is 0. The van der Waals surface area contributed by atoms with Crippen molar-refractivity contribution in [1.29, 1.82) is 0 Å². The largest absolute Gasteiger partial charge is 0.462 e. The van der Waals surface area contributed by atoms with E-state index < -0.39 is 11.8 Å². The first-order valence-electron chi connectivity index (χ1n) is 9.75. The van der Waals surface area contributed by atoms with E-state index in [1.54, 1.807) is 24.0 Å². The Bertz CT molecular complexity index is 1100. The molecule has 156 valence electrons. The molecule has 2 aromatic heterocycles. The molecule has 0 spiro atoms. The summed E-state index contributed by atoms with van der Waals surface area (Å²) >= 11 is 0. The van der Waals surface area contributed by atoms with E-state index >= 15 is 0 Å². The molecule has 0 radical (unpaired) electrons. The van der Waals surface area contributed by atoms with Gasteiger partial charge in [-0.2, -0.15) is 10.1 Å². The van der Waals surface area contributed by atoms with E-state index in [0.29, 0.717) is 35.4 Å². The van der Waals surface area contributed by atoms with E-state index in [2.05, 4.69) is 20.4 Å². The van der Waals surface area contributed by atoms with Gasteiger partial charge in [0.15, 0.2) is 17.3 Å². The van der Waals surface area contributed by atoms with Gasteiger partial charge in [-0.15, -0.1) is 0 Å². The van der Waals surface area contributed by atoms with Crippen molar-refractivity contribution >= 4 is 17.5 Å². The third kappa shape index (κ3) is 3.78. The molecule has 3 heterocycles. The van der Waals surface area contributed by atoms with Crippen molar-refractivity contribution in [2.24, 2.45) is 0 Å². The fourth-order valence-electron chi connectivity index (χ4n) is 2.98. The molecule has 30 heavy (non-hydrogen) atoms. The molecule has 3 aromatic rings. The maximum atomic E-state index is 12.4. The van der Waals surface area contributed by atoms with Gasteiger partial charge in [0.25, 0.3) is 5.95 Å². The molecule has 1 aliphatic rings. The molecular weight excluding hydrogens is 386 g/mol. The summed E-state index contributed by atoms with van der Waals surface area (Å²) in [6, 6.07) is 5.46. The Balaban J connectivity index is 1.68. The lowest BCUT2D eigenvalue weighted by Crippen LogP contribution is -2.33. The second kappa shape index (κ2) is 7.66. The quantitative estimate of drug-likeness (QED) is 0.614. The number of aromatic nitrogens is 4. The number of carbonyl (C=O) groups is 1. The Morgan fingerprint density at radius 1 is 1.23 bits per heavy atom. The molecule has 4 rings (SSSR count). The van der Waals surface area contributed by atoms with Crippen molar-refractivity contribution in [1.82, 2.24) is 19.7 Å². The molecule has 0 amide bonds. The first-order valence-corrected chi connectivity index (χ1v) is 9.75. The van der Waals surface area contributed by atoms with E-state index in [9.17, 15) is 4.79 Å². The first-order chi connectivity index (χ1) is 14.4. The Hall–Kier alpha value is -3.62. The number of fused-ring (bicyclic) bond motifs is 1. The molecule has 1 unspecified atom stereocenters. The van der Waals surface area contributed by atoms with Crippen LogP contribution in [0, 0.1) is 6.92 Å². The highest BCUT2D eigenvalue weighted by molar-refractivity contribution is 5.95. The highest BCUT2D eigenvalue weighted by Crippen LogP contribution is 2.42. The molecule has 0 aliphatic carbocycles. The molecule has 1 N–H and O–H groups in total. The predicted molar refractivity (Wildman–Crippen MR) is 110 cm³/mol. The SMILES string of the molecule is CCOC(=O)c1cnc(-n2cc(C)cn2)nc1Nc1ccc2c(c1)OC(C)(CC)O2. The number of nitrogens with one attached hydrogen (secondary N) is 1. The summed E-state index contributed by atoms with van der Waals surface area (Å²) in [5.41, 5.74) is 1.88. The molecular formula is C21H23N5O4. The minimum atomic E-state index is -0.683. The standard InChI is InChI=1S/C21H23N5O4/c1-5-21(4)29-16-8-7-14(9-17(16)30-21)24-18-15(19(27)28-6-2)11-22-20(25-18)26-12-13(3)10-23-26/h7-12H,5-6H2,1-4H3,(H,22,24,25). The number of rotatable bonds is 6. The Morgan fingerprint density at radius 2 is 2.03 bits per heavy atom. The van der Waals surface area contributed by atoms with Crippen LogP contribution in [0.4, 0.5) is 11.5 Å². The molecule has 1 atom stereocenters. The van der Waals surface area contributed by atoms with Crippen LogP contribution in [0.1, 0.15) is 43.1 Å². The minimum absolute atomic E-state index is 0.223. The second-order valence-corrected chi connectivity index (χ2v) is 7.09. The number of hydrogen-bond acceptors (Lipinski definition) is 8. The van der Waals surface area contributed by atoms with Gasteiger partial charge in [0.05, 0.1) is 12.8 Å². The zero-order valence-corrected chi connectivity index (χ0v) is 17.3. The van der Waals surface area contributed by atoms with Crippen molar-refractivity contribution in [3.05, 3.63) is 47.9 Å². The highest BCUT2D eigenvalue weighted by atomic mass is 16.7. The lowest BCUT2D eigenvalue weighted by Gasteiger charge is -2.20. The monoisotopic (exact) mass is 409 g/mol. The normalized spacial score (nSPS) is 17.1. The third-order valence-electron chi connectivity index (χ3n) is 4.69. The van der Waals surface area contributed by atoms with E-state index in [4.69, 9.17) is 14.2 Å². The topological polar surface area (TPSA) is 100 Å². The van der Waals surface area contributed by atoms with Gasteiger partial charge in [0.2, 0.25) is 5.79 Å². The van der Waals surface area contributed by atoms with Crippen LogP contribution >= 0.6 is 0 Å². The Morgan fingerprint density at radius 3 is 2.73 bits per heavy atom. The van der Waals surface area contributed by atoms with E-state index in [1.165, 1.54) is 6.20 Å². The van der Waals surface area contributed by atoms with Crippen LogP contribution in [0.5, 0.6) is 11.5 Å². The van der Waals surface area contributed by atoms with Crippen LogP contribution in [0.3, 0.4) is 0 Å². The molecule has 9 nitrogen and oxygen atoms in total. The van der Waals surface area contributed by atoms with Gasteiger partial charge in [-0.25, -0.2) is 14.5 Å². The average Bonchev–Trinajstić information content (AvgIpc) is 3.30. The maximum absolute atomic E-state index is 12.4. The van der Waals surface area contributed by atoms with Crippen LogP contribution < -0.4 is 14.8 Å². The number of anilines is 2. The van der Waals surface area contributed by atoms with Gasteiger partial charge in [-0.3, -0.25) is 0 Å². The third-order valence-corrected chi connectivity index (χ3v) is 4.69. The molecule has 9 heteroatoms. The Kier molecular flexibility index (Phi) is 5.03. The molecule has 0 fully saturated rings. The summed E-state index contributed by atoms with van der Waals surface area (Å²) in [5, 5.41) is 7.40. The van der Waals surface area contributed by atoms with Gasteiger partial charge < -0.3 is 19.5 Å². The number of ether oxygens (including phenoxy) is 3. The summed E-state index contributed by atoms with van der Waals surface area (Å²) in [4.78, 5) is 21.2. The van der Waals surface area contributed by atoms with Gasteiger partial charge >= 0.3 is 5.97 Å². The molecule has 1 aromatic carbocycles. The first kappa shape index (κ1) is 19.7. The summed E-state index contributed by atoms with van der Waals surface area (Å²) in [5.74, 6) is 0.742. The molecule has 0 saturated heterocycles. The summed E-state index contributed by atoms with van der Waals surface area (Å²) in [6.45, 7) is 7.80. The maximum Gasteiger partial charge on any atom is 0.343 e. The van der Waals surface area contributed by atoms with Gasteiger partial charge in [0, 0.05) is 37.5 Å². The molecule has 1 aliphatic heterocycles. The van der Waals surface area contributed by atoms with Crippen molar-refractivity contribution in [2.45, 2.75) is 39.9 Å². The van der Waals surface area contributed by atoms with Crippen molar-refractivity contribution in [2.75, 3.05) is 11.9 Å². The van der Waals surface area contributed by atoms with Crippen molar-refractivity contribution in [3.63, 3.8) is 0 Å². The number of benzene rings is 1. The second-order valence-electron chi connectivity index (χ2n) is 7.09. The highest BCUT2D eigenvalue weighted by Gasteiger charge is 2.35. The number of nitrogens with zero attached hydrogens (tertiary/aromatic N) is 4. The average molecular weight is 409 g/mol. The zero-order valence-electron chi connectivity index (χ0n) is 17.3. The van der Waals surface area contributed by atoms with Crippen LogP contribution in [0.2, 0.25) is 0 Å². The van der Waals surface area contributed by atoms with Gasteiger partial charge in [-0.05, 0) is 31.5 Å². The number of hydrogen-bond donors (Lipinski definition) is 1. The van der Waals surface area contributed by atoms with E-state index in [1.807, 2.05) is 39.0 Å². The summed E-state index contributed by atoms with van der Waals surface area (Å²) in [6.07, 6.45) is 5.64.